The van der Waals surface area contributed by atoms with Gasteiger partial charge in [-0.2, -0.15) is 0 Å². The van der Waals surface area contributed by atoms with Gasteiger partial charge in [-0.15, -0.1) is 0 Å². The van der Waals surface area contributed by atoms with Crippen molar-refractivity contribution in [3.8, 4) is 0 Å². The Morgan fingerprint density at radius 3 is 0.976 bits per heavy atom. The molecule has 1 aliphatic heterocycles. The molecule has 0 bridgehead atoms. The minimum Gasteiger partial charge on any atom is -0.394 e. The maximum atomic E-state index is 13.2. The zero-order valence-corrected chi connectivity index (χ0v) is 55.5. The molecule has 0 spiro atoms. The Balaban J connectivity index is 2.07. The first-order chi connectivity index (χ1) is 40.8. The van der Waals surface area contributed by atoms with Gasteiger partial charge in [-0.25, -0.2) is 0 Å². The molecule has 0 aromatic heterocycles. The quantitative estimate of drug-likeness (QED) is 0.0261. The minimum atomic E-state index is -1.55. The molecule has 7 unspecified atom stereocenters. The topological polar surface area (TPSA) is 149 Å². The second-order valence-electron chi connectivity index (χ2n) is 26.5. The zero-order chi connectivity index (χ0) is 60.0. The molecule has 1 rings (SSSR count). The lowest BCUT2D eigenvalue weighted by Gasteiger charge is -2.40. The Hall–Kier alpha value is -1.07. The summed E-state index contributed by atoms with van der Waals surface area (Å²) in [4.78, 5) is 13.2. The van der Waals surface area contributed by atoms with Gasteiger partial charge in [0.25, 0.3) is 0 Å². The van der Waals surface area contributed by atoms with Gasteiger partial charge in [0, 0.05) is 6.42 Å². The van der Waals surface area contributed by atoms with Gasteiger partial charge in [0.15, 0.2) is 6.29 Å². The highest BCUT2D eigenvalue weighted by molar-refractivity contribution is 5.76. The van der Waals surface area contributed by atoms with Gasteiger partial charge in [-0.3, -0.25) is 4.79 Å². The number of amides is 1. The van der Waals surface area contributed by atoms with Crippen LogP contribution in [0.3, 0.4) is 0 Å². The number of allylic oxidation sites excluding steroid dienone is 2. The van der Waals surface area contributed by atoms with Crippen molar-refractivity contribution < 1.29 is 39.8 Å². The predicted molar refractivity (Wildman–Crippen MR) is 355 cm³/mol. The van der Waals surface area contributed by atoms with Gasteiger partial charge in [0.05, 0.1) is 25.4 Å². The molecule has 9 heteroatoms. The smallest absolute Gasteiger partial charge is 0.220 e. The van der Waals surface area contributed by atoms with Crippen molar-refractivity contribution in [2.24, 2.45) is 0 Å². The van der Waals surface area contributed by atoms with E-state index in [0.717, 1.165) is 38.5 Å². The summed E-state index contributed by atoms with van der Waals surface area (Å²) in [5.41, 5.74) is 0. The Labute approximate surface area is 516 Å². The van der Waals surface area contributed by atoms with E-state index in [-0.39, 0.29) is 12.5 Å². The summed E-state index contributed by atoms with van der Waals surface area (Å²) >= 11 is 0. The van der Waals surface area contributed by atoms with E-state index >= 15 is 0 Å². The van der Waals surface area contributed by atoms with E-state index in [1.54, 1.807) is 0 Å². The van der Waals surface area contributed by atoms with E-state index < -0.39 is 49.5 Å². The van der Waals surface area contributed by atoms with Crippen LogP contribution in [0, 0.1) is 0 Å². The predicted octanol–water partition coefficient (Wildman–Crippen LogP) is 20.7. The number of aliphatic hydroxyl groups excluding tert-OH is 5. The van der Waals surface area contributed by atoms with Crippen molar-refractivity contribution in [2.45, 2.75) is 442 Å². The second kappa shape index (κ2) is 63.9. The molecule has 0 aromatic rings. The van der Waals surface area contributed by atoms with Crippen LogP contribution in [-0.2, 0) is 14.3 Å². The molecule has 1 aliphatic rings. The molecule has 0 aliphatic carbocycles. The fourth-order valence-corrected chi connectivity index (χ4v) is 12.5. The molecule has 0 aromatic carbocycles. The SMILES string of the molecule is CCCCCCCCCC/C=C\CCCCCCCCCCCCCCCCCCCCCC(=O)NC(COC1OC(CO)C(O)C(O)C1O)C(O)CCCCCCCCCCCCCCCCCCCCCCCCCCCCCCC. The van der Waals surface area contributed by atoms with E-state index in [4.69, 9.17) is 9.47 Å². The summed E-state index contributed by atoms with van der Waals surface area (Å²) in [6.45, 7) is 3.91. The van der Waals surface area contributed by atoms with Crippen molar-refractivity contribution in [3.63, 3.8) is 0 Å². The number of carbonyl (C=O) groups excluding carboxylic acids is 1. The van der Waals surface area contributed by atoms with E-state index in [1.165, 1.54) is 334 Å². The van der Waals surface area contributed by atoms with Crippen molar-refractivity contribution in [2.75, 3.05) is 13.2 Å². The lowest BCUT2D eigenvalue weighted by Crippen LogP contribution is -2.60. The molecule has 494 valence electrons. The molecule has 9 nitrogen and oxygen atoms in total. The molecule has 6 N–H and O–H groups in total. The minimum absolute atomic E-state index is 0.132. The second-order valence-corrected chi connectivity index (χ2v) is 26.5. The molecule has 1 heterocycles. The lowest BCUT2D eigenvalue weighted by atomic mass is 9.99. The Morgan fingerprint density at radius 1 is 0.398 bits per heavy atom. The average Bonchev–Trinajstić information content (AvgIpc) is 3.61. The van der Waals surface area contributed by atoms with Crippen LogP contribution in [0.4, 0.5) is 0 Å². The van der Waals surface area contributed by atoms with E-state index in [1.807, 2.05) is 0 Å². The van der Waals surface area contributed by atoms with Crippen molar-refractivity contribution in [1.82, 2.24) is 5.32 Å². The first kappa shape index (κ1) is 79.9. The number of hydrogen-bond donors (Lipinski definition) is 6. The number of aliphatic hydroxyl groups is 5. The van der Waals surface area contributed by atoms with Gasteiger partial charge in [-0.1, -0.05) is 366 Å². The van der Waals surface area contributed by atoms with Gasteiger partial charge >= 0.3 is 0 Å². The molecule has 0 saturated carbocycles. The fraction of sp³-hybridized carbons (Fsp3) is 0.959. The molecule has 1 saturated heterocycles. The lowest BCUT2D eigenvalue weighted by molar-refractivity contribution is -0.302. The summed E-state index contributed by atoms with van der Waals surface area (Å²) in [5.74, 6) is -0.134. The highest BCUT2D eigenvalue weighted by atomic mass is 16.7. The summed E-state index contributed by atoms with van der Waals surface area (Å²) in [6, 6.07) is -0.717. The van der Waals surface area contributed by atoms with Gasteiger partial charge in [-0.05, 0) is 38.5 Å². The largest absolute Gasteiger partial charge is 0.394 e. The van der Waals surface area contributed by atoms with E-state index in [9.17, 15) is 30.3 Å². The van der Waals surface area contributed by atoms with Crippen LogP contribution in [-0.4, -0.2) is 87.5 Å². The summed E-state index contributed by atoms with van der Waals surface area (Å²) in [6.07, 6.45) is 75.9. The molecule has 7 atom stereocenters. The standard InChI is InChI=1S/C74H145NO8/c1-3-5-7-9-11-13-15-17-19-21-23-25-27-29-31-33-34-36-38-40-42-44-46-48-50-52-54-56-58-60-62-64-70(78)75-67(66-82-74-73(81)72(80)71(79)69(65-76)83-74)68(77)63-61-59-57-55-53-51-49-47-45-43-41-39-37-35-32-30-28-26-24-22-20-18-16-14-12-10-8-6-4-2/h21,23,67-69,71-74,76-77,79-81H,3-20,22,24-66H2,1-2H3,(H,75,78)/b23-21-. The van der Waals surface area contributed by atoms with Crippen molar-refractivity contribution >= 4 is 5.91 Å². The Kier molecular flexibility index (Phi) is 61.6. The fourth-order valence-electron chi connectivity index (χ4n) is 12.5. The first-order valence-corrected chi connectivity index (χ1v) is 37.4. The van der Waals surface area contributed by atoms with Crippen molar-refractivity contribution in [1.29, 1.82) is 0 Å². The van der Waals surface area contributed by atoms with Gasteiger partial charge in [0.2, 0.25) is 5.91 Å². The van der Waals surface area contributed by atoms with Crippen LogP contribution in [0.5, 0.6) is 0 Å². The normalized spacial score (nSPS) is 18.2. The third-order valence-corrected chi connectivity index (χ3v) is 18.4. The van der Waals surface area contributed by atoms with Crippen LogP contribution in [0.1, 0.15) is 399 Å². The summed E-state index contributed by atoms with van der Waals surface area (Å²) in [7, 11) is 0. The van der Waals surface area contributed by atoms with Crippen LogP contribution in [0.15, 0.2) is 12.2 Å². The number of carbonyl (C=O) groups is 1. The number of hydrogen-bond acceptors (Lipinski definition) is 8. The van der Waals surface area contributed by atoms with Gasteiger partial charge < -0.3 is 40.3 Å². The van der Waals surface area contributed by atoms with Crippen LogP contribution in [0.25, 0.3) is 0 Å². The summed E-state index contributed by atoms with van der Waals surface area (Å²) < 4.78 is 11.4. The molecular formula is C74H145NO8. The monoisotopic (exact) mass is 1180 g/mol. The van der Waals surface area contributed by atoms with E-state index in [2.05, 4.69) is 31.3 Å². The number of rotatable bonds is 67. The van der Waals surface area contributed by atoms with Crippen molar-refractivity contribution in [3.05, 3.63) is 12.2 Å². The molecule has 1 fully saturated rings. The first-order valence-electron chi connectivity index (χ1n) is 37.4. The molecular weight excluding hydrogens is 1030 g/mol. The molecule has 1 amide bonds. The van der Waals surface area contributed by atoms with Gasteiger partial charge in [0.1, 0.15) is 24.4 Å². The Morgan fingerprint density at radius 2 is 0.675 bits per heavy atom. The van der Waals surface area contributed by atoms with Crippen LogP contribution >= 0.6 is 0 Å². The highest BCUT2D eigenvalue weighted by Crippen LogP contribution is 2.24. The Bertz CT molecular complexity index is 1320. The summed E-state index contributed by atoms with van der Waals surface area (Å²) in [5, 5.41) is 55.0. The highest BCUT2D eigenvalue weighted by Gasteiger charge is 2.44. The number of nitrogens with one attached hydrogen (secondary N) is 1. The maximum absolute atomic E-state index is 13.2. The van der Waals surface area contributed by atoms with Crippen LogP contribution < -0.4 is 5.32 Å². The average molecular weight is 1180 g/mol. The maximum Gasteiger partial charge on any atom is 0.220 e. The number of unbranched alkanes of at least 4 members (excludes halogenated alkanes) is 55. The third kappa shape index (κ3) is 52.6. The van der Waals surface area contributed by atoms with Crippen LogP contribution in [0.2, 0.25) is 0 Å². The molecule has 83 heavy (non-hydrogen) atoms. The zero-order valence-electron chi connectivity index (χ0n) is 55.5. The third-order valence-electron chi connectivity index (χ3n) is 18.4. The number of ether oxygens (including phenoxy) is 2. The van der Waals surface area contributed by atoms with E-state index in [0.29, 0.717) is 12.8 Å². The molecule has 0 radical (unpaired) electrons.